The maximum absolute atomic E-state index is 12.1. The van der Waals surface area contributed by atoms with E-state index in [1.807, 2.05) is 0 Å². The van der Waals surface area contributed by atoms with Crippen molar-refractivity contribution in [2.45, 2.75) is 4.90 Å². The Morgan fingerprint density at radius 1 is 1.30 bits per heavy atom. The van der Waals surface area contributed by atoms with Gasteiger partial charge in [0.25, 0.3) is 5.69 Å². The lowest BCUT2D eigenvalue weighted by Crippen LogP contribution is -2.29. The summed E-state index contributed by atoms with van der Waals surface area (Å²) in [6, 6.07) is 4.81. The van der Waals surface area contributed by atoms with Crippen molar-refractivity contribution >= 4 is 33.1 Å². The molecule has 11 heteroatoms. The summed E-state index contributed by atoms with van der Waals surface area (Å²) in [5.41, 5.74) is -0.293. The predicted octanol–water partition coefficient (Wildman–Crippen LogP) is 1.43. The SMILES string of the molecule is O=[N+]([O-])c1cccc(S(=O)(=O)NCCNc2ncncc2Cl)c1. The second kappa shape index (κ2) is 7.31. The van der Waals surface area contributed by atoms with Crippen LogP contribution in [-0.4, -0.2) is 36.4 Å². The number of benzene rings is 1. The minimum Gasteiger partial charge on any atom is -0.367 e. The third-order valence-corrected chi connectivity index (χ3v) is 4.45. The lowest BCUT2D eigenvalue weighted by atomic mass is 10.3. The molecule has 0 amide bonds. The number of nitrogens with one attached hydrogen (secondary N) is 2. The summed E-state index contributed by atoms with van der Waals surface area (Å²) in [4.78, 5) is 17.5. The van der Waals surface area contributed by atoms with Crippen LogP contribution in [0.3, 0.4) is 0 Å². The Hall–Kier alpha value is -2.30. The van der Waals surface area contributed by atoms with E-state index in [2.05, 4.69) is 20.0 Å². The van der Waals surface area contributed by atoms with Gasteiger partial charge in [-0.3, -0.25) is 10.1 Å². The highest BCUT2D eigenvalue weighted by atomic mass is 35.5. The molecule has 0 saturated heterocycles. The molecule has 0 aliphatic rings. The fourth-order valence-corrected chi connectivity index (χ4v) is 2.90. The normalized spacial score (nSPS) is 11.2. The summed E-state index contributed by atoms with van der Waals surface area (Å²) in [7, 11) is -3.84. The largest absolute Gasteiger partial charge is 0.367 e. The van der Waals surface area contributed by atoms with Crippen molar-refractivity contribution < 1.29 is 13.3 Å². The van der Waals surface area contributed by atoms with E-state index in [1.165, 1.54) is 30.7 Å². The Balaban J connectivity index is 1.95. The zero-order valence-corrected chi connectivity index (χ0v) is 13.2. The first-order valence-corrected chi connectivity index (χ1v) is 8.20. The first kappa shape index (κ1) is 17.1. The molecule has 122 valence electrons. The van der Waals surface area contributed by atoms with Crippen molar-refractivity contribution in [3.8, 4) is 0 Å². The van der Waals surface area contributed by atoms with Crippen LogP contribution < -0.4 is 10.0 Å². The number of hydrogen-bond acceptors (Lipinski definition) is 7. The van der Waals surface area contributed by atoms with E-state index in [0.717, 1.165) is 6.07 Å². The van der Waals surface area contributed by atoms with Crippen LogP contribution in [0.2, 0.25) is 5.02 Å². The second-order valence-electron chi connectivity index (χ2n) is 4.30. The van der Waals surface area contributed by atoms with Crippen molar-refractivity contribution in [3.05, 3.63) is 51.9 Å². The molecule has 1 aromatic heterocycles. The number of nitro groups is 1. The van der Waals surface area contributed by atoms with E-state index >= 15 is 0 Å². The Morgan fingerprint density at radius 3 is 2.78 bits per heavy atom. The zero-order chi connectivity index (χ0) is 16.9. The molecule has 9 nitrogen and oxygen atoms in total. The summed E-state index contributed by atoms with van der Waals surface area (Å²) in [5.74, 6) is 0.385. The maximum atomic E-state index is 12.1. The molecule has 1 aromatic carbocycles. The summed E-state index contributed by atoms with van der Waals surface area (Å²) >= 11 is 5.85. The highest BCUT2D eigenvalue weighted by Gasteiger charge is 2.17. The summed E-state index contributed by atoms with van der Waals surface area (Å²) < 4.78 is 26.5. The zero-order valence-electron chi connectivity index (χ0n) is 11.6. The third kappa shape index (κ3) is 4.58. The molecule has 0 aliphatic heterocycles. The van der Waals surface area contributed by atoms with Gasteiger partial charge in [-0.15, -0.1) is 0 Å². The van der Waals surface area contributed by atoms with E-state index in [4.69, 9.17) is 11.6 Å². The number of aromatic nitrogens is 2. The second-order valence-corrected chi connectivity index (χ2v) is 6.47. The molecule has 2 aromatic rings. The fourth-order valence-electron chi connectivity index (χ4n) is 1.66. The van der Waals surface area contributed by atoms with Gasteiger partial charge in [0, 0.05) is 25.2 Å². The van der Waals surface area contributed by atoms with Crippen LogP contribution in [0.15, 0.2) is 41.7 Å². The van der Waals surface area contributed by atoms with Crippen molar-refractivity contribution in [3.63, 3.8) is 0 Å². The number of nitrogens with zero attached hydrogens (tertiary/aromatic N) is 3. The number of halogens is 1. The predicted molar refractivity (Wildman–Crippen MR) is 83.8 cm³/mol. The third-order valence-electron chi connectivity index (χ3n) is 2.72. The summed E-state index contributed by atoms with van der Waals surface area (Å²) in [6.07, 6.45) is 2.71. The minimum atomic E-state index is -3.84. The lowest BCUT2D eigenvalue weighted by molar-refractivity contribution is -0.385. The van der Waals surface area contributed by atoms with Gasteiger partial charge in [0.2, 0.25) is 10.0 Å². The van der Waals surface area contributed by atoms with Crippen LogP contribution in [0.25, 0.3) is 0 Å². The molecule has 2 N–H and O–H groups in total. The lowest BCUT2D eigenvalue weighted by Gasteiger charge is -2.08. The number of rotatable bonds is 7. The van der Waals surface area contributed by atoms with E-state index < -0.39 is 14.9 Å². The molecule has 0 aliphatic carbocycles. The Morgan fingerprint density at radius 2 is 2.09 bits per heavy atom. The van der Waals surface area contributed by atoms with Gasteiger partial charge in [-0.2, -0.15) is 0 Å². The van der Waals surface area contributed by atoms with Gasteiger partial charge in [-0.25, -0.2) is 23.1 Å². The summed E-state index contributed by atoms with van der Waals surface area (Å²) in [6.45, 7) is 0.274. The Kier molecular flexibility index (Phi) is 5.42. The first-order chi connectivity index (χ1) is 10.9. The molecule has 0 spiro atoms. The average Bonchev–Trinajstić information content (AvgIpc) is 2.53. The average molecular weight is 358 g/mol. The van der Waals surface area contributed by atoms with Crippen LogP contribution in [0.1, 0.15) is 0 Å². The van der Waals surface area contributed by atoms with Crippen LogP contribution >= 0.6 is 11.6 Å². The van der Waals surface area contributed by atoms with E-state index in [9.17, 15) is 18.5 Å². The van der Waals surface area contributed by atoms with Crippen molar-refractivity contribution in [2.75, 3.05) is 18.4 Å². The van der Waals surface area contributed by atoms with E-state index in [1.54, 1.807) is 0 Å². The van der Waals surface area contributed by atoms with Gasteiger partial charge < -0.3 is 5.32 Å². The number of hydrogen-bond donors (Lipinski definition) is 2. The molecule has 0 fully saturated rings. The molecule has 0 radical (unpaired) electrons. The van der Waals surface area contributed by atoms with Gasteiger partial charge in [0.1, 0.15) is 17.2 Å². The van der Waals surface area contributed by atoms with Crippen LogP contribution in [-0.2, 0) is 10.0 Å². The number of nitro benzene ring substituents is 1. The molecular weight excluding hydrogens is 346 g/mol. The monoisotopic (exact) mass is 357 g/mol. The highest BCUT2D eigenvalue weighted by molar-refractivity contribution is 7.89. The van der Waals surface area contributed by atoms with Crippen LogP contribution in [0, 0.1) is 10.1 Å². The van der Waals surface area contributed by atoms with Crippen molar-refractivity contribution in [1.82, 2.24) is 14.7 Å². The molecule has 0 bridgehead atoms. The molecule has 1 heterocycles. The van der Waals surface area contributed by atoms with E-state index in [-0.39, 0.29) is 23.7 Å². The van der Waals surface area contributed by atoms with Crippen molar-refractivity contribution in [2.24, 2.45) is 0 Å². The molecular formula is C12H12ClN5O4S. The molecule has 23 heavy (non-hydrogen) atoms. The highest BCUT2D eigenvalue weighted by Crippen LogP contribution is 2.17. The van der Waals surface area contributed by atoms with Gasteiger partial charge >= 0.3 is 0 Å². The number of sulfonamides is 1. The van der Waals surface area contributed by atoms with Gasteiger partial charge in [0.15, 0.2) is 0 Å². The Labute approximate surface area is 136 Å². The quantitative estimate of drug-likeness (QED) is 0.436. The fraction of sp³-hybridized carbons (Fsp3) is 0.167. The molecule has 2 rings (SSSR count). The molecule has 0 saturated carbocycles. The Bertz CT molecular complexity index is 815. The standard InChI is InChI=1S/C12H12ClN5O4S/c13-11-7-14-8-16-12(11)15-4-5-17-23(21,22)10-3-1-2-9(6-10)18(19)20/h1-3,6-8,17H,4-5H2,(H,14,15,16). The first-order valence-electron chi connectivity index (χ1n) is 6.33. The summed E-state index contributed by atoms with van der Waals surface area (Å²) in [5, 5.41) is 13.8. The molecule has 0 atom stereocenters. The smallest absolute Gasteiger partial charge is 0.270 e. The number of non-ortho nitro benzene ring substituents is 1. The molecule has 0 unspecified atom stereocenters. The number of anilines is 1. The maximum Gasteiger partial charge on any atom is 0.270 e. The van der Waals surface area contributed by atoms with Gasteiger partial charge in [-0.1, -0.05) is 17.7 Å². The topological polar surface area (TPSA) is 127 Å². The van der Waals surface area contributed by atoms with Crippen LogP contribution in [0.5, 0.6) is 0 Å². The van der Waals surface area contributed by atoms with Crippen LogP contribution in [0.4, 0.5) is 11.5 Å². The van der Waals surface area contributed by atoms with Gasteiger partial charge in [-0.05, 0) is 6.07 Å². The van der Waals surface area contributed by atoms with Gasteiger partial charge in [0.05, 0.1) is 16.0 Å². The minimum absolute atomic E-state index is 0.0470. The van der Waals surface area contributed by atoms with E-state index in [0.29, 0.717) is 10.8 Å². The van der Waals surface area contributed by atoms with Crippen molar-refractivity contribution in [1.29, 1.82) is 0 Å².